The molecule has 0 fully saturated rings. The molecule has 0 unspecified atom stereocenters. The average molecular weight is 369 g/mol. The fourth-order valence-corrected chi connectivity index (χ4v) is 4.14. The second kappa shape index (κ2) is 8.90. The van der Waals surface area contributed by atoms with Crippen molar-refractivity contribution in [2.24, 2.45) is 0 Å². The van der Waals surface area contributed by atoms with Crippen LogP contribution in [0.2, 0.25) is 0 Å². The first-order valence-corrected chi connectivity index (χ1v) is 9.92. The van der Waals surface area contributed by atoms with Crippen LogP contribution in [0.1, 0.15) is 18.9 Å². The lowest BCUT2D eigenvalue weighted by molar-refractivity contribution is -0.126. The molecule has 136 valence electrons. The van der Waals surface area contributed by atoms with Crippen LogP contribution in [0.15, 0.2) is 59.5 Å². The second-order valence-electron chi connectivity index (χ2n) is 6.51. The molecule has 4 nitrogen and oxygen atoms in total. The van der Waals surface area contributed by atoms with Gasteiger partial charge in [0.2, 0.25) is 5.91 Å². The van der Waals surface area contributed by atoms with Gasteiger partial charge in [-0.15, -0.1) is 11.8 Å². The summed E-state index contributed by atoms with van der Waals surface area (Å²) in [5.41, 5.74) is 2.15. The number of carbonyl (C=O) groups is 2. The Kier molecular flexibility index (Phi) is 6.34. The van der Waals surface area contributed by atoms with E-state index in [1.165, 1.54) is 11.8 Å². The number of fused-ring (bicyclic) bond motifs is 1. The molecule has 1 atom stereocenters. The molecule has 0 radical (unpaired) electrons. The van der Waals surface area contributed by atoms with Crippen LogP contribution in [-0.2, 0) is 16.0 Å². The standard InChI is InChI=1S/C21H24N2O2S/c1-16(24)18(14-17-8-3-2-4-9-17)22-21(25)15-23-12-7-13-26-20-11-6-5-10-19(20)23/h2-6,8-11,18H,7,12-15H2,1H3,(H,22,25)/t18-/m0/s1. The quantitative estimate of drug-likeness (QED) is 0.850. The third kappa shape index (κ3) is 4.88. The van der Waals surface area contributed by atoms with Gasteiger partial charge >= 0.3 is 0 Å². The highest BCUT2D eigenvalue weighted by Crippen LogP contribution is 2.33. The van der Waals surface area contributed by atoms with Gasteiger partial charge in [-0.3, -0.25) is 9.59 Å². The minimum Gasteiger partial charge on any atom is -0.361 e. The highest BCUT2D eigenvalue weighted by atomic mass is 32.2. The maximum atomic E-state index is 12.6. The van der Waals surface area contributed by atoms with Crippen LogP contribution < -0.4 is 10.2 Å². The Morgan fingerprint density at radius 1 is 1.12 bits per heavy atom. The van der Waals surface area contributed by atoms with Gasteiger partial charge in [0.05, 0.1) is 18.3 Å². The summed E-state index contributed by atoms with van der Waals surface area (Å²) < 4.78 is 0. The van der Waals surface area contributed by atoms with Crippen molar-refractivity contribution in [3.8, 4) is 0 Å². The molecule has 0 spiro atoms. The zero-order valence-electron chi connectivity index (χ0n) is 15.0. The van der Waals surface area contributed by atoms with Crippen molar-refractivity contribution < 1.29 is 9.59 Å². The lowest BCUT2D eigenvalue weighted by Gasteiger charge is -2.25. The molecule has 0 aromatic heterocycles. The van der Waals surface area contributed by atoms with E-state index >= 15 is 0 Å². The van der Waals surface area contributed by atoms with E-state index in [0.717, 1.165) is 30.0 Å². The summed E-state index contributed by atoms with van der Waals surface area (Å²) in [6.45, 7) is 2.66. The van der Waals surface area contributed by atoms with Crippen molar-refractivity contribution in [1.29, 1.82) is 0 Å². The number of para-hydroxylation sites is 1. The first-order valence-electron chi connectivity index (χ1n) is 8.94. The van der Waals surface area contributed by atoms with E-state index in [1.54, 1.807) is 0 Å². The molecule has 2 aromatic rings. The van der Waals surface area contributed by atoms with E-state index in [4.69, 9.17) is 0 Å². The number of amides is 1. The monoisotopic (exact) mass is 368 g/mol. The minimum absolute atomic E-state index is 0.0194. The first kappa shape index (κ1) is 18.5. The second-order valence-corrected chi connectivity index (χ2v) is 7.65. The number of hydrogen-bond acceptors (Lipinski definition) is 4. The predicted octanol–water partition coefficient (Wildman–Crippen LogP) is 3.31. The molecule has 2 aromatic carbocycles. The Morgan fingerprint density at radius 2 is 1.85 bits per heavy atom. The molecule has 1 heterocycles. The topological polar surface area (TPSA) is 49.4 Å². The summed E-state index contributed by atoms with van der Waals surface area (Å²) in [6.07, 6.45) is 1.56. The molecule has 3 rings (SSSR count). The smallest absolute Gasteiger partial charge is 0.240 e. The molecule has 0 saturated heterocycles. The van der Waals surface area contributed by atoms with Gasteiger partial charge in [0.15, 0.2) is 5.78 Å². The van der Waals surface area contributed by atoms with Crippen molar-refractivity contribution in [3.05, 3.63) is 60.2 Å². The number of rotatable bonds is 6. The van der Waals surface area contributed by atoms with E-state index in [1.807, 2.05) is 54.2 Å². The van der Waals surface area contributed by atoms with Crippen molar-refractivity contribution in [3.63, 3.8) is 0 Å². The fraction of sp³-hybridized carbons (Fsp3) is 0.333. The normalized spacial score (nSPS) is 14.9. The van der Waals surface area contributed by atoms with E-state index in [-0.39, 0.29) is 18.2 Å². The van der Waals surface area contributed by atoms with E-state index < -0.39 is 6.04 Å². The van der Waals surface area contributed by atoms with Gasteiger partial charge in [0.1, 0.15) is 0 Å². The van der Waals surface area contributed by atoms with Gasteiger partial charge in [0.25, 0.3) is 0 Å². The Hall–Kier alpha value is -2.27. The van der Waals surface area contributed by atoms with E-state index in [2.05, 4.69) is 22.3 Å². The summed E-state index contributed by atoms with van der Waals surface area (Å²) in [5, 5.41) is 2.93. The third-order valence-corrected chi connectivity index (χ3v) is 5.63. The van der Waals surface area contributed by atoms with Crippen molar-refractivity contribution in [2.45, 2.75) is 30.7 Å². The molecule has 0 aliphatic carbocycles. The molecule has 5 heteroatoms. The highest BCUT2D eigenvalue weighted by molar-refractivity contribution is 7.99. The number of Topliss-reactive ketones (excluding diaryl/α,β-unsaturated/α-hetero) is 1. The number of thioether (sulfide) groups is 1. The maximum absolute atomic E-state index is 12.6. The Morgan fingerprint density at radius 3 is 2.62 bits per heavy atom. The summed E-state index contributed by atoms with van der Waals surface area (Å²) in [6, 6.07) is 17.5. The van der Waals surface area contributed by atoms with Crippen LogP contribution in [0.4, 0.5) is 5.69 Å². The van der Waals surface area contributed by atoms with Crippen LogP contribution in [-0.4, -0.2) is 36.6 Å². The van der Waals surface area contributed by atoms with Crippen LogP contribution >= 0.6 is 11.8 Å². The van der Waals surface area contributed by atoms with Gasteiger partial charge in [0, 0.05) is 11.4 Å². The van der Waals surface area contributed by atoms with Gasteiger partial charge in [-0.2, -0.15) is 0 Å². The Labute approximate surface area is 159 Å². The summed E-state index contributed by atoms with van der Waals surface area (Å²) in [4.78, 5) is 28.0. The van der Waals surface area contributed by atoms with Crippen LogP contribution in [0.25, 0.3) is 0 Å². The number of nitrogens with one attached hydrogen (secondary N) is 1. The number of carbonyl (C=O) groups excluding carboxylic acids is 2. The van der Waals surface area contributed by atoms with Gasteiger partial charge in [-0.05, 0) is 43.2 Å². The molecule has 0 saturated carbocycles. The number of anilines is 1. The Balaban J connectivity index is 1.66. The number of benzene rings is 2. The zero-order valence-corrected chi connectivity index (χ0v) is 15.8. The number of hydrogen-bond donors (Lipinski definition) is 1. The molecule has 1 N–H and O–H groups in total. The summed E-state index contributed by atoms with van der Waals surface area (Å²) in [5.74, 6) is 0.927. The van der Waals surface area contributed by atoms with Gasteiger partial charge < -0.3 is 10.2 Å². The zero-order chi connectivity index (χ0) is 18.4. The number of ketones is 1. The lowest BCUT2D eigenvalue weighted by Crippen LogP contribution is -2.46. The molecule has 26 heavy (non-hydrogen) atoms. The van der Waals surface area contributed by atoms with E-state index in [0.29, 0.717) is 6.42 Å². The summed E-state index contributed by atoms with van der Waals surface area (Å²) >= 11 is 1.83. The minimum atomic E-state index is -0.485. The lowest BCUT2D eigenvalue weighted by atomic mass is 10.0. The third-order valence-electron chi connectivity index (χ3n) is 4.48. The molecule has 1 aliphatic rings. The SMILES string of the molecule is CC(=O)[C@H](Cc1ccccc1)NC(=O)CN1CCCSc2ccccc21. The van der Waals surface area contributed by atoms with Crippen molar-refractivity contribution in [2.75, 3.05) is 23.7 Å². The van der Waals surface area contributed by atoms with Crippen LogP contribution in [0.3, 0.4) is 0 Å². The molecule has 1 amide bonds. The van der Waals surface area contributed by atoms with Crippen LogP contribution in [0, 0.1) is 0 Å². The Bertz CT molecular complexity index is 764. The fourth-order valence-electron chi connectivity index (χ4n) is 3.12. The molecular formula is C21H24N2O2S. The van der Waals surface area contributed by atoms with E-state index in [9.17, 15) is 9.59 Å². The van der Waals surface area contributed by atoms with Gasteiger partial charge in [-0.25, -0.2) is 0 Å². The van der Waals surface area contributed by atoms with Crippen LogP contribution in [0.5, 0.6) is 0 Å². The largest absolute Gasteiger partial charge is 0.361 e. The highest BCUT2D eigenvalue weighted by Gasteiger charge is 2.21. The summed E-state index contributed by atoms with van der Waals surface area (Å²) in [7, 11) is 0. The molecular weight excluding hydrogens is 344 g/mol. The predicted molar refractivity (Wildman–Crippen MR) is 107 cm³/mol. The molecule has 0 bridgehead atoms. The van der Waals surface area contributed by atoms with Gasteiger partial charge in [-0.1, -0.05) is 42.5 Å². The average Bonchev–Trinajstić information content (AvgIpc) is 2.84. The first-order chi connectivity index (χ1) is 12.6. The number of nitrogens with zero attached hydrogens (tertiary/aromatic N) is 1. The van der Waals surface area contributed by atoms with Crippen molar-refractivity contribution >= 4 is 29.1 Å². The van der Waals surface area contributed by atoms with Crippen molar-refractivity contribution in [1.82, 2.24) is 5.32 Å². The maximum Gasteiger partial charge on any atom is 0.240 e. The molecule has 1 aliphatic heterocycles.